The van der Waals surface area contributed by atoms with Gasteiger partial charge in [0.15, 0.2) is 0 Å². The number of carboxylic acid groups (broad SMARTS) is 1. The maximum Gasteiger partial charge on any atom is 1.00 e. The summed E-state index contributed by atoms with van der Waals surface area (Å²) < 4.78 is 11.4. The largest absolute Gasteiger partial charge is 1.00 e. The van der Waals surface area contributed by atoms with Crippen LogP contribution in [0.2, 0.25) is 10.0 Å². The summed E-state index contributed by atoms with van der Waals surface area (Å²) in [4.78, 5) is 54.3. The van der Waals surface area contributed by atoms with Crippen molar-refractivity contribution in [3.05, 3.63) is 63.6 Å². The zero-order valence-electron chi connectivity index (χ0n) is 28.3. The molecule has 4 unspecified atom stereocenters. The number of halogens is 2. The van der Waals surface area contributed by atoms with Gasteiger partial charge >= 0.3 is 35.5 Å². The van der Waals surface area contributed by atoms with Crippen LogP contribution in [0.1, 0.15) is 78.4 Å². The first-order valence-electron chi connectivity index (χ1n) is 15.6. The molecule has 2 aliphatic rings. The SMILES string of the molecule is CC(C)(C)OC(=O)C1CCCN1C(=O)C1(C)CCC(C(=O)NC(Cc2ccc(OCc3c(Cl)cccc3Cl)cc2)C(=O)[O-])C1(C)C.[Na+]. The number of rotatable bonds is 10. The van der Waals surface area contributed by atoms with Crippen molar-refractivity contribution in [2.75, 3.05) is 6.54 Å². The molecule has 4 rings (SSSR count). The number of aliphatic carboxylic acids is 1. The Morgan fingerprint density at radius 2 is 1.64 bits per heavy atom. The molecule has 1 aliphatic carbocycles. The van der Waals surface area contributed by atoms with Crippen molar-refractivity contribution >= 4 is 47.0 Å². The molecule has 47 heavy (non-hydrogen) atoms. The van der Waals surface area contributed by atoms with Crippen LogP contribution in [0.15, 0.2) is 42.5 Å². The van der Waals surface area contributed by atoms with Crippen LogP contribution in [-0.2, 0) is 36.9 Å². The predicted octanol–water partition coefficient (Wildman–Crippen LogP) is 2.13. The van der Waals surface area contributed by atoms with E-state index < -0.39 is 52.3 Å². The van der Waals surface area contributed by atoms with E-state index in [-0.39, 0.29) is 48.5 Å². The van der Waals surface area contributed by atoms with Crippen molar-refractivity contribution in [3.8, 4) is 5.75 Å². The molecule has 2 aromatic carbocycles. The Bertz CT molecular complexity index is 1460. The number of likely N-dealkylation sites (tertiary alicyclic amines) is 1. The average Bonchev–Trinajstić information content (AvgIpc) is 3.55. The molecule has 0 bridgehead atoms. The third-order valence-corrected chi connectivity index (χ3v) is 10.3. The number of hydrogen-bond donors (Lipinski definition) is 1. The van der Waals surface area contributed by atoms with Crippen LogP contribution < -0.4 is 44.7 Å². The van der Waals surface area contributed by atoms with Gasteiger partial charge in [0.05, 0.1) is 17.4 Å². The number of nitrogens with one attached hydrogen (secondary N) is 1. The fraction of sp³-hybridized carbons (Fsp3) is 0.543. The van der Waals surface area contributed by atoms with E-state index in [4.69, 9.17) is 32.7 Å². The second-order valence-corrected chi connectivity index (χ2v) is 14.9. The van der Waals surface area contributed by atoms with Crippen LogP contribution in [0.5, 0.6) is 5.75 Å². The van der Waals surface area contributed by atoms with Crippen LogP contribution in [0.3, 0.4) is 0 Å². The van der Waals surface area contributed by atoms with E-state index in [1.807, 2.05) is 20.8 Å². The molecule has 2 aromatic rings. The van der Waals surface area contributed by atoms with Gasteiger partial charge in [0.25, 0.3) is 0 Å². The minimum atomic E-state index is -1.41. The maximum atomic E-state index is 14.1. The first-order chi connectivity index (χ1) is 21.4. The number of ether oxygens (including phenoxy) is 2. The van der Waals surface area contributed by atoms with Crippen LogP contribution in [-0.4, -0.2) is 52.9 Å². The molecule has 4 atom stereocenters. The second-order valence-electron chi connectivity index (χ2n) is 14.1. The van der Waals surface area contributed by atoms with Gasteiger partial charge in [-0.1, -0.05) is 62.2 Å². The molecule has 1 saturated heterocycles. The van der Waals surface area contributed by atoms with Gasteiger partial charge in [-0.05, 0) is 88.1 Å². The van der Waals surface area contributed by atoms with Gasteiger partial charge in [-0.3, -0.25) is 9.59 Å². The first kappa shape index (κ1) is 39.1. The Morgan fingerprint density at radius 1 is 1.02 bits per heavy atom. The summed E-state index contributed by atoms with van der Waals surface area (Å²) >= 11 is 12.4. The Balaban J connectivity index is 0.00000600. The van der Waals surface area contributed by atoms with Crippen molar-refractivity contribution in [1.29, 1.82) is 0 Å². The fourth-order valence-electron chi connectivity index (χ4n) is 6.53. The van der Waals surface area contributed by atoms with Gasteiger partial charge < -0.3 is 29.6 Å². The molecular weight excluding hydrogens is 654 g/mol. The number of carboxylic acids is 1. The Hall–Kier alpha value is -2.30. The molecule has 0 spiro atoms. The summed E-state index contributed by atoms with van der Waals surface area (Å²) in [7, 11) is 0. The summed E-state index contributed by atoms with van der Waals surface area (Å²) in [5.41, 5.74) is -1.13. The maximum absolute atomic E-state index is 14.1. The van der Waals surface area contributed by atoms with Crippen LogP contribution in [0.4, 0.5) is 0 Å². The number of nitrogens with zero attached hydrogens (tertiary/aromatic N) is 1. The van der Waals surface area contributed by atoms with Crippen molar-refractivity contribution < 1.29 is 63.3 Å². The smallest absolute Gasteiger partial charge is 0.548 e. The van der Waals surface area contributed by atoms with Gasteiger partial charge in [-0.2, -0.15) is 0 Å². The number of carbonyl (C=O) groups is 4. The van der Waals surface area contributed by atoms with Crippen LogP contribution >= 0.6 is 23.2 Å². The van der Waals surface area contributed by atoms with E-state index in [1.54, 1.807) is 68.1 Å². The zero-order valence-corrected chi connectivity index (χ0v) is 31.8. The third kappa shape index (κ3) is 8.84. The molecule has 0 aromatic heterocycles. The summed E-state index contributed by atoms with van der Waals surface area (Å²) in [5, 5.41) is 15.8. The standard InChI is InChI=1S/C35H44Cl2N2O7.Na/c1-33(2,3)46-31(43)28-11-8-18-39(28)32(44)35(6)17-16-24(34(35,4)5)29(40)38-27(30(41)42)19-21-12-14-22(15-13-21)45-20-23-25(36)9-7-10-26(23)37;/h7,9-10,12-15,24,27-28H,8,11,16-20H2,1-6H3,(H,38,40)(H,41,42);/q;+1/p-1. The van der Waals surface area contributed by atoms with Gasteiger partial charge in [0, 0.05) is 28.1 Å². The van der Waals surface area contributed by atoms with Gasteiger partial charge in [-0.15, -0.1) is 0 Å². The predicted molar refractivity (Wildman–Crippen MR) is 173 cm³/mol. The fourth-order valence-corrected chi connectivity index (χ4v) is 7.04. The molecule has 0 radical (unpaired) electrons. The van der Waals surface area contributed by atoms with Gasteiger partial charge in [-0.25, -0.2) is 4.79 Å². The summed E-state index contributed by atoms with van der Waals surface area (Å²) in [6, 6.07) is 10.1. The molecule has 1 N–H and O–H groups in total. The van der Waals surface area contributed by atoms with E-state index in [0.717, 1.165) is 0 Å². The van der Waals surface area contributed by atoms with E-state index in [2.05, 4.69) is 5.32 Å². The zero-order chi connectivity index (χ0) is 34.0. The summed E-state index contributed by atoms with van der Waals surface area (Å²) in [6.45, 7) is 11.5. The average molecular weight is 698 g/mol. The molecule has 1 aliphatic heterocycles. The third-order valence-electron chi connectivity index (χ3n) is 9.62. The Morgan fingerprint density at radius 3 is 2.21 bits per heavy atom. The number of benzene rings is 2. The van der Waals surface area contributed by atoms with Crippen molar-refractivity contribution in [1.82, 2.24) is 10.2 Å². The molecule has 9 nitrogen and oxygen atoms in total. The van der Waals surface area contributed by atoms with E-state index in [9.17, 15) is 24.3 Å². The van der Waals surface area contributed by atoms with Gasteiger partial charge in [0.1, 0.15) is 24.0 Å². The quantitative estimate of drug-likeness (QED) is 0.298. The van der Waals surface area contributed by atoms with Crippen molar-refractivity contribution in [2.45, 2.75) is 97.9 Å². The first-order valence-corrected chi connectivity index (χ1v) is 16.4. The number of carbonyl (C=O) groups excluding carboxylic acids is 4. The topological polar surface area (TPSA) is 125 Å². The van der Waals surface area contributed by atoms with E-state index in [1.165, 1.54) is 0 Å². The molecule has 1 saturated carbocycles. The van der Waals surface area contributed by atoms with Crippen LogP contribution in [0, 0.1) is 16.7 Å². The van der Waals surface area contributed by atoms with E-state index in [0.29, 0.717) is 59.1 Å². The molecular formula is C35H43Cl2N2NaO7. The molecule has 1 heterocycles. The Kier molecular flexibility index (Phi) is 12.9. The normalized spacial score (nSPS) is 22.6. The van der Waals surface area contributed by atoms with E-state index >= 15 is 0 Å². The number of amides is 2. The van der Waals surface area contributed by atoms with Gasteiger partial charge in [0.2, 0.25) is 11.8 Å². The minimum absolute atomic E-state index is 0. The Labute approximate surface area is 309 Å². The molecule has 250 valence electrons. The summed E-state index contributed by atoms with van der Waals surface area (Å²) in [5.74, 6) is -2.55. The molecule has 2 fully saturated rings. The minimum Gasteiger partial charge on any atom is -0.548 e. The summed E-state index contributed by atoms with van der Waals surface area (Å²) in [6.07, 6.45) is 2.03. The number of hydrogen-bond acceptors (Lipinski definition) is 7. The monoisotopic (exact) mass is 696 g/mol. The second kappa shape index (κ2) is 15.5. The van der Waals surface area contributed by atoms with Crippen molar-refractivity contribution in [2.24, 2.45) is 16.7 Å². The van der Waals surface area contributed by atoms with Crippen LogP contribution in [0.25, 0.3) is 0 Å². The van der Waals surface area contributed by atoms with Crippen molar-refractivity contribution in [3.63, 3.8) is 0 Å². The molecule has 12 heteroatoms. The molecule has 2 amide bonds. The number of esters is 1.